The highest BCUT2D eigenvalue weighted by atomic mass is 35.5. The highest BCUT2D eigenvalue weighted by molar-refractivity contribution is 7.89. The van der Waals surface area contributed by atoms with Gasteiger partial charge in [0.15, 0.2) is 0 Å². The van der Waals surface area contributed by atoms with Crippen LogP contribution in [0.25, 0.3) is 0 Å². The van der Waals surface area contributed by atoms with Gasteiger partial charge in [-0.25, -0.2) is 8.42 Å². The van der Waals surface area contributed by atoms with E-state index in [0.29, 0.717) is 5.75 Å². The van der Waals surface area contributed by atoms with E-state index in [0.717, 1.165) is 31.5 Å². The van der Waals surface area contributed by atoms with E-state index < -0.39 is 10.0 Å². The molecule has 0 saturated carbocycles. The van der Waals surface area contributed by atoms with Crippen LogP contribution in [0.1, 0.15) is 18.4 Å². The fraction of sp³-hybridized carbons (Fsp3) is 0.368. The molecule has 0 unspecified atom stereocenters. The van der Waals surface area contributed by atoms with Crippen LogP contribution in [0.3, 0.4) is 0 Å². The molecule has 1 saturated heterocycles. The van der Waals surface area contributed by atoms with Crippen LogP contribution in [-0.4, -0.2) is 39.0 Å². The van der Waals surface area contributed by atoms with Crippen LogP contribution in [0.2, 0.25) is 10.0 Å². The van der Waals surface area contributed by atoms with E-state index in [4.69, 9.17) is 27.9 Å². The van der Waals surface area contributed by atoms with Gasteiger partial charge in [-0.05, 0) is 44.1 Å². The molecule has 1 heterocycles. The van der Waals surface area contributed by atoms with Crippen molar-refractivity contribution in [1.82, 2.24) is 9.62 Å². The molecule has 1 aliphatic rings. The predicted molar refractivity (Wildman–Crippen MR) is 108 cm³/mol. The van der Waals surface area contributed by atoms with Crippen LogP contribution < -0.4 is 10.1 Å². The molecule has 2 aromatic rings. The van der Waals surface area contributed by atoms with Crippen LogP contribution in [0.15, 0.2) is 47.4 Å². The van der Waals surface area contributed by atoms with Gasteiger partial charge in [-0.3, -0.25) is 0 Å². The van der Waals surface area contributed by atoms with Crippen LogP contribution in [0.5, 0.6) is 5.75 Å². The van der Waals surface area contributed by atoms with Gasteiger partial charge in [0.1, 0.15) is 10.6 Å². The Morgan fingerprint density at radius 3 is 2.33 bits per heavy atom. The second-order valence-corrected chi connectivity index (χ2v) is 9.04. The lowest BCUT2D eigenvalue weighted by Gasteiger charge is -2.34. The summed E-state index contributed by atoms with van der Waals surface area (Å²) in [5.74, 6) is 0.650. The Morgan fingerprint density at radius 2 is 1.70 bits per heavy atom. The van der Waals surface area contributed by atoms with Crippen molar-refractivity contribution >= 4 is 33.2 Å². The molecule has 8 heteroatoms. The van der Waals surface area contributed by atoms with E-state index in [9.17, 15) is 8.42 Å². The molecule has 27 heavy (non-hydrogen) atoms. The molecule has 2 aromatic carbocycles. The van der Waals surface area contributed by atoms with Crippen molar-refractivity contribution in [3.8, 4) is 5.75 Å². The van der Waals surface area contributed by atoms with Crippen molar-refractivity contribution in [2.24, 2.45) is 0 Å². The summed E-state index contributed by atoms with van der Waals surface area (Å²) in [4.78, 5) is -0.0400. The van der Waals surface area contributed by atoms with Gasteiger partial charge >= 0.3 is 0 Å². The highest BCUT2D eigenvalue weighted by Crippen LogP contribution is 2.35. The SMILES string of the molecule is COc1ccccc1CN(C1CCNCC1)S(=O)(=O)c1c(Cl)cccc1Cl. The molecular formula is C19H22Cl2N2O3S. The number of sulfonamides is 1. The lowest BCUT2D eigenvalue weighted by molar-refractivity contribution is 0.254. The molecule has 3 rings (SSSR count). The van der Waals surface area contributed by atoms with Gasteiger partial charge < -0.3 is 10.1 Å². The maximum Gasteiger partial charge on any atom is 0.246 e. The number of benzene rings is 2. The molecule has 5 nitrogen and oxygen atoms in total. The molecule has 0 spiro atoms. The molecule has 0 aliphatic carbocycles. The first-order chi connectivity index (χ1) is 12.9. The predicted octanol–water partition coefficient (Wildman–Crippen LogP) is 3.94. The minimum absolute atomic E-state index is 0.0400. The molecule has 1 fully saturated rings. The van der Waals surface area contributed by atoms with Crippen molar-refractivity contribution in [3.05, 3.63) is 58.1 Å². The standard InChI is InChI=1S/C19H22Cl2N2O3S/c1-26-18-8-3-2-5-14(18)13-23(15-9-11-22-12-10-15)27(24,25)19-16(20)6-4-7-17(19)21/h2-8,15,22H,9-13H2,1H3. The number of para-hydroxylation sites is 1. The highest BCUT2D eigenvalue weighted by Gasteiger charge is 2.35. The lowest BCUT2D eigenvalue weighted by Crippen LogP contribution is -2.45. The first-order valence-corrected chi connectivity index (χ1v) is 10.9. The van der Waals surface area contributed by atoms with Gasteiger partial charge in [-0.1, -0.05) is 47.5 Å². The van der Waals surface area contributed by atoms with Gasteiger partial charge in [-0.15, -0.1) is 0 Å². The second-order valence-electron chi connectivity index (χ2n) is 6.39. The van der Waals surface area contributed by atoms with Crippen LogP contribution in [0, 0.1) is 0 Å². The number of halogens is 2. The Kier molecular flexibility index (Phi) is 6.65. The molecule has 0 amide bonds. The molecule has 1 N–H and O–H groups in total. The molecule has 1 aliphatic heterocycles. The number of nitrogens with zero attached hydrogens (tertiary/aromatic N) is 1. The van der Waals surface area contributed by atoms with E-state index in [1.807, 2.05) is 24.3 Å². The summed E-state index contributed by atoms with van der Waals surface area (Å²) in [5.41, 5.74) is 0.797. The third kappa shape index (κ3) is 4.41. The quantitative estimate of drug-likeness (QED) is 0.756. The number of ether oxygens (including phenoxy) is 1. The number of piperidine rings is 1. The molecule has 0 aromatic heterocycles. The molecule has 0 atom stereocenters. The monoisotopic (exact) mass is 428 g/mol. The fourth-order valence-electron chi connectivity index (χ4n) is 3.35. The normalized spacial score (nSPS) is 15.9. The number of hydrogen-bond donors (Lipinski definition) is 1. The lowest BCUT2D eigenvalue weighted by atomic mass is 10.1. The second kappa shape index (κ2) is 8.80. The minimum Gasteiger partial charge on any atom is -0.496 e. The van der Waals surface area contributed by atoms with Crippen LogP contribution in [0.4, 0.5) is 0 Å². The first kappa shape index (κ1) is 20.4. The Morgan fingerprint density at radius 1 is 1.07 bits per heavy atom. The van der Waals surface area contributed by atoms with Gasteiger partial charge in [0.05, 0.1) is 17.2 Å². The van der Waals surface area contributed by atoms with Crippen molar-refractivity contribution in [1.29, 1.82) is 0 Å². The summed E-state index contributed by atoms with van der Waals surface area (Å²) in [6.45, 7) is 1.72. The number of rotatable bonds is 6. The minimum atomic E-state index is -3.90. The molecule has 0 bridgehead atoms. The van der Waals surface area contributed by atoms with Crippen LogP contribution in [-0.2, 0) is 16.6 Å². The van der Waals surface area contributed by atoms with Crippen molar-refractivity contribution in [3.63, 3.8) is 0 Å². The Bertz CT molecular complexity index is 879. The number of hydrogen-bond acceptors (Lipinski definition) is 4. The zero-order valence-corrected chi connectivity index (χ0v) is 17.3. The smallest absolute Gasteiger partial charge is 0.246 e. The Hall–Kier alpha value is -1.31. The van der Waals surface area contributed by atoms with E-state index in [2.05, 4.69) is 5.32 Å². The van der Waals surface area contributed by atoms with Crippen molar-refractivity contribution < 1.29 is 13.2 Å². The van der Waals surface area contributed by atoms with E-state index >= 15 is 0 Å². The van der Waals surface area contributed by atoms with E-state index in [-0.39, 0.29) is 27.5 Å². The molecule has 0 radical (unpaired) electrons. The third-order valence-corrected chi connectivity index (χ3v) is 7.57. The summed E-state index contributed by atoms with van der Waals surface area (Å²) in [6.07, 6.45) is 1.44. The van der Waals surface area contributed by atoms with Crippen molar-refractivity contribution in [2.75, 3.05) is 20.2 Å². The summed E-state index contributed by atoms with van der Waals surface area (Å²) in [7, 11) is -2.32. The van der Waals surface area contributed by atoms with Crippen molar-refractivity contribution in [2.45, 2.75) is 30.3 Å². The molecule has 146 valence electrons. The van der Waals surface area contributed by atoms with E-state index in [1.54, 1.807) is 25.3 Å². The fourth-order valence-corrected chi connectivity index (χ4v) is 6.11. The average Bonchev–Trinajstić information content (AvgIpc) is 2.66. The first-order valence-electron chi connectivity index (χ1n) is 8.73. The Balaban J connectivity index is 2.06. The average molecular weight is 429 g/mol. The van der Waals surface area contributed by atoms with Crippen LogP contribution >= 0.6 is 23.2 Å². The maximum absolute atomic E-state index is 13.6. The topological polar surface area (TPSA) is 58.6 Å². The third-order valence-electron chi connectivity index (χ3n) is 4.72. The number of methoxy groups -OCH3 is 1. The summed E-state index contributed by atoms with van der Waals surface area (Å²) in [5, 5.41) is 3.52. The van der Waals surface area contributed by atoms with E-state index in [1.165, 1.54) is 4.31 Å². The number of nitrogens with one attached hydrogen (secondary N) is 1. The Labute approximate surface area is 170 Å². The summed E-state index contributed by atoms with van der Waals surface area (Å²) < 4.78 is 34.1. The van der Waals surface area contributed by atoms with Gasteiger partial charge in [0.2, 0.25) is 10.0 Å². The zero-order chi connectivity index (χ0) is 19.4. The zero-order valence-electron chi connectivity index (χ0n) is 15.0. The summed E-state index contributed by atoms with van der Waals surface area (Å²) >= 11 is 12.5. The largest absolute Gasteiger partial charge is 0.496 e. The maximum atomic E-state index is 13.6. The summed E-state index contributed by atoms with van der Waals surface area (Å²) in [6, 6.07) is 12.0. The van der Waals surface area contributed by atoms with Gasteiger partial charge in [0.25, 0.3) is 0 Å². The van der Waals surface area contributed by atoms with Gasteiger partial charge in [0, 0.05) is 18.2 Å². The van der Waals surface area contributed by atoms with Gasteiger partial charge in [-0.2, -0.15) is 4.31 Å². The molecular weight excluding hydrogens is 407 g/mol.